The van der Waals surface area contributed by atoms with Crippen molar-refractivity contribution in [2.24, 2.45) is 23.5 Å². The molecule has 1 aromatic carbocycles. The van der Waals surface area contributed by atoms with Crippen LogP contribution in [0.1, 0.15) is 36.5 Å². The summed E-state index contributed by atoms with van der Waals surface area (Å²) in [7, 11) is 0. The zero-order valence-electron chi connectivity index (χ0n) is 11.6. The van der Waals surface area contributed by atoms with Crippen LogP contribution in [0.25, 0.3) is 0 Å². The lowest BCUT2D eigenvalue weighted by molar-refractivity contribution is -0.121. The minimum Gasteiger partial charge on any atom is -0.327 e. The molecule has 20 heavy (non-hydrogen) atoms. The summed E-state index contributed by atoms with van der Waals surface area (Å²) in [6.07, 6.45) is 3.39. The molecule has 3 N–H and O–H groups in total. The van der Waals surface area contributed by atoms with Crippen LogP contribution in [0.3, 0.4) is 0 Å². The van der Waals surface area contributed by atoms with Crippen LogP contribution in [0.4, 0.5) is 5.69 Å². The Bertz CT molecular complexity index is 536. The van der Waals surface area contributed by atoms with E-state index in [1.165, 1.54) is 13.3 Å². The summed E-state index contributed by atoms with van der Waals surface area (Å²) < 4.78 is 0. The third kappa shape index (κ3) is 2.24. The van der Waals surface area contributed by atoms with E-state index in [1.807, 2.05) is 0 Å². The van der Waals surface area contributed by atoms with Gasteiger partial charge in [-0.1, -0.05) is 0 Å². The van der Waals surface area contributed by atoms with Crippen molar-refractivity contribution in [3.05, 3.63) is 29.8 Å². The van der Waals surface area contributed by atoms with Gasteiger partial charge in [-0.05, 0) is 62.3 Å². The highest BCUT2D eigenvalue weighted by molar-refractivity contribution is 5.96. The second-order valence-corrected chi connectivity index (χ2v) is 6.06. The van der Waals surface area contributed by atoms with Crippen molar-refractivity contribution in [3.8, 4) is 0 Å². The van der Waals surface area contributed by atoms with E-state index in [0.717, 1.165) is 18.5 Å². The fraction of sp³-hybridized carbons (Fsp3) is 0.500. The number of Topliss-reactive ketones (excluding diaryl/α,β-unsaturated/α-hetero) is 1. The zero-order valence-corrected chi connectivity index (χ0v) is 11.6. The van der Waals surface area contributed by atoms with E-state index >= 15 is 0 Å². The van der Waals surface area contributed by atoms with Gasteiger partial charge >= 0.3 is 0 Å². The minimum atomic E-state index is -0.0544. The maximum atomic E-state index is 12.4. The van der Waals surface area contributed by atoms with Gasteiger partial charge in [0, 0.05) is 17.3 Å². The minimum absolute atomic E-state index is 0.00485. The van der Waals surface area contributed by atoms with Crippen LogP contribution in [0.15, 0.2) is 24.3 Å². The molecule has 0 spiro atoms. The molecule has 106 valence electrons. The SMILES string of the molecule is CC(=O)c1ccc(NC(=O)C2C3CCC(C3)C2N)cc1. The fourth-order valence-corrected chi connectivity index (χ4v) is 3.74. The van der Waals surface area contributed by atoms with Crippen LogP contribution in [0, 0.1) is 17.8 Å². The largest absolute Gasteiger partial charge is 0.327 e. The first kappa shape index (κ1) is 13.3. The van der Waals surface area contributed by atoms with E-state index < -0.39 is 0 Å². The average Bonchev–Trinajstić information content (AvgIpc) is 2.99. The number of anilines is 1. The topological polar surface area (TPSA) is 72.2 Å². The molecule has 2 saturated carbocycles. The number of fused-ring (bicyclic) bond motifs is 2. The van der Waals surface area contributed by atoms with Crippen LogP contribution in [0.5, 0.6) is 0 Å². The first-order chi connectivity index (χ1) is 9.56. The third-order valence-corrected chi connectivity index (χ3v) is 4.84. The number of ketones is 1. The van der Waals surface area contributed by atoms with Gasteiger partial charge in [0.2, 0.25) is 5.91 Å². The maximum Gasteiger partial charge on any atom is 0.229 e. The summed E-state index contributed by atoms with van der Waals surface area (Å²) in [5.74, 6) is 0.974. The van der Waals surface area contributed by atoms with Crippen molar-refractivity contribution >= 4 is 17.4 Å². The molecule has 2 aliphatic rings. The molecule has 2 aliphatic carbocycles. The zero-order chi connectivity index (χ0) is 14.3. The van der Waals surface area contributed by atoms with Gasteiger partial charge < -0.3 is 11.1 Å². The first-order valence-electron chi connectivity index (χ1n) is 7.23. The molecule has 4 atom stereocenters. The molecule has 4 heteroatoms. The predicted octanol–water partition coefficient (Wildman–Crippen LogP) is 2.20. The lowest BCUT2D eigenvalue weighted by atomic mass is 9.84. The van der Waals surface area contributed by atoms with E-state index in [4.69, 9.17) is 5.73 Å². The van der Waals surface area contributed by atoms with Crippen LogP contribution >= 0.6 is 0 Å². The Morgan fingerprint density at radius 1 is 1.15 bits per heavy atom. The van der Waals surface area contributed by atoms with Gasteiger partial charge in [0.05, 0.1) is 5.92 Å². The average molecular weight is 272 g/mol. The normalized spacial score (nSPS) is 31.3. The highest BCUT2D eigenvalue weighted by Gasteiger charge is 2.49. The number of amides is 1. The molecule has 0 heterocycles. The second-order valence-electron chi connectivity index (χ2n) is 6.06. The molecule has 0 aliphatic heterocycles. The summed E-state index contributed by atoms with van der Waals surface area (Å²) >= 11 is 0. The second kappa shape index (κ2) is 5.02. The lowest BCUT2D eigenvalue weighted by Gasteiger charge is -2.27. The summed E-state index contributed by atoms with van der Waals surface area (Å²) in [5.41, 5.74) is 7.56. The number of hydrogen-bond donors (Lipinski definition) is 2. The van der Waals surface area contributed by atoms with E-state index in [9.17, 15) is 9.59 Å². The number of carbonyl (C=O) groups excluding carboxylic acids is 2. The smallest absolute Gasteiger partial charge is 0.229 e. The third-order valence-electron chi connectivity index (χ3n) is 4.84. The fourth-order valence-electron chi connectivity index (χ4n) is 3.74. The molecule has 1 amide bonds. The van der Waals surface area contributed by atoms with Crippen molar-refractivity contribution in [2.45, 2.75) is 32.2 Å². The molecule has 0 saturated heterocycles. The molecule has 2 bridgehead atoms. The van der Waals surface area contributed by atoms with Gasteiger partial charge in [-0.3, -0.25) is 9.59 Å². The molecular formula is C16H20N2O2. The Labute approximate surface area is 118 Å². The van der Waals surface area contributed by atoms with Crippen LogP contribution in [-0.4, -0.2) is 17.7 Å². The molecule has 4 unspecified atom stereocenters. The molecule has 0 aromatic heterocycles. The summed E-state index contributed by atoms with van der Waals surface area (Å²) in [6, 6.07) is 7.02. The van der Waals surface area contributed by atoms with E-state index in [2.05, 4.69) is 5.32 Å². The highest BCUT2D eigenvalue weighted by atomic mass is 16.2. The highest BCUT2D eigenvalue weighted by Crippen LogP contribution is 2.47. The molecule has 4 nitrogen and oxygen atoms in total. The van der Waals surface area contributed by atoms with Gasteiger partial charge in [-0.2, -0.15) is 0 Å². The number of carbonyl (C=O) groups is 2. The van der Waals surface area contributed by atoms with Gasteiger partial charge in [-0.15, -0.1) is 0 Å². The Morgan fingerprint density at radius 3 is 2.35 bits per heavy atom. The van der Waals surface area contributed by atoms with Gasteiger partial charge in [-0.25, -0.2) is 0 Å². The number of benzene rings is 1. The van der Waals surface area contributed by atoms with E-state index in [-0.39, 0.29) is 23.7 Å². The summed E-state index contributed by atoms with van der Waals surface area (Å²) in [5, 5.41) is 2.94. The number of nitrogens with one attached hydrogen (secondary N) is 1. The molecule has 0 radical (unpaired) electrons. The van der Waals surface area contributed by atoms with Crippen molar-refractivity contribution < 1.29 is 9.59 Å². The van der Waals surface area contributed by atoms with Crippen LogP contribution in [0.2, 0.25) is 0 Å². The van der Waals surface area contributed by atoms with E-state index in [1.54, 1.807) is 24.3 Å². The first-order valence-corrected chi connectivity index (χ1v) is 7.23. The van der Waals surface area contributed by atoms with Crippen molar-refractivity contribution in [3.63, 3.8) is 0 Å². The quantitative estimate of drug-likeness (QED) is 0.829. The maximum absolute atomic E-state index is 12.4. The predicted molar refractivity (Wildman–Crippen MR) is 77.4 cm³/mol. The number of hydrogen-bond acceptors (Lipinski definition) is 3. The number of rotatable bonds is 3. The monoisotopic (exact) mass is 272 g/mol. The van der Waals surface area contributed by atoms with Crippen LogP contribution in [-0.2, 0) is 4.79 Å². The summed E-state index contributed by atoms with van der Waals surface area (Å²) in [6.45, 7) is 1.53. The standard InChI is InChI=1S/C16H20N2O2/c1-9(19)10-4-6-13(7-5-10)18-16(20)14-11-2-3-12(8-11)15(14)17/h4-7,11-12,14-15H,2-3,8,17H2,1H3,(H,18,20). The van der Waals surface area contributed by atoms with Gasteiger partial charge in [0.25, 0.3) is 0 Å². The molecule has 3 rings (SSSR count). The Morgan fingerprint density at radius 2 is 1.80 bits per heavy atom. The van der Waals surface area contributed by atoms with Crippen molar-refractivity contribution in [1.29, 1.82) is 0 Å². The van der Waals surface area contributed by atoms with Crippen molar-refractivity contribution in [2.75, 3.05) is 5.32 Å². The number of nitrogens with two attached hydrogens (primary N) is 1. The molecule has 2 fully saturated rings. The summed E-state index contributed by atoms with van der Waals surface area (Å²) in [4.78, 5) is 23.6. The van der Waals surface area contributed by atoms with E-state index in [0.29, 0.717) is 17.4 Å². The Balaban J connectivity index is 1.68. The van der Waals surface area contributed by atoms with Gasteiger partial charge in [0.15, 0.2) is 5.78 Å². The lowest BCUT2D eigenvalue weighted by Crippen LogP contribution is -2.42. The molecular weight excluding hydrogens is 252 g/mol. The molecule has 1 aromatic rings. The van der Waals surface area contributed by atoms with Crippen LogP contribution < -0.4 is 11.1 Å². The van der Waals surface area contributed by atoms with Crippen molar-refractivity contribution in [1.82, 2.24) is 0 Å². The Kier molecular flexibility index (Phi) is 3.34. The Hall–Kier alpha value is -1.68. The van der Waals surface area contributed by atoms with Gasteiger partial charge in [0.1, 0.15) is 0 Å².